The van der Waals surface area contributed by atoms with Crippen molar-refractivity contribution >= 4 is 17.5 Å². The average molecular weight is 504 g/mol. The van der Waals surface area contributed by atoms with Crippen LogP contribution in [0.4, 0.5) is 13.2 Å². The second kappa shape index (κ2) is 9.01. The Bertz CT molecular complexity index is 996. The molecule has 0 spiro atoms. The Hall–Kier alpha value is -2.37. The summed E-state index contributed by atoms with van der Waals surface area (Å²) in [5.74, 6) is 0.437. The van der Waals surface area contributed by atoms with Crippen molar-refractivity contribution in [3.63, 3.8) is 0 Å². The zero-order valence-corrected chi connectivity index (χ0v) is 19.2. The van der Waals surface area contributed by atoms with E-state index in [1.807, 2.05) is 0 Å². The van der Waals surface area contributed by atoms with E-state index in [1.165, 1.54) is 6.08 Å². The maximum atomic E-state index is 12.7. The Morgan fingerprint density at radius 2 is 2.03 bits per heavy atom. The number of amides is 1. The van der Waals surface area contributed by atoms with Gasteiger partial charge in [0, 0.05) is 16.5 Å². The first kappa shape index (κ1) is 24.7. The summed E-state index contributed by atoms with van der Waals surface area (Å²) in [4.78, 5) is 12.7. The molecule has 0 aromatic carbocycles. The molecule has 12 heteroatoms. The molecule has 0 radical (unpaired) electrons. The molecular formula is C22H25ClF3N3O5. The summed E-state index contributed by atoms with van der Waals surface area (Å²) in [5, 5.41) is 21.0. The highest BCUT2D eigenvalue weighted by atomic mass is 35.5. The largest absolute Gasteiger partial charge is 0.522 e. The molecule has 1 atom stereocenters. The number of carbonyl (C=O) groups excluding carboxylic acids is 1. The number of nitrogens with zero attached hydrogens (tertiary/aromatic N) is 2. The van der Waals surface area contributed by atoms with E-state index in [1.54, 1.807) is 19.1 Å². The standard InChI is InChI=1S/C22H25ClF3N3O5/c1-3-14(5-4-12(2)23)32-16(8-30)17(31)27-21-9-20(10-21,11-21)19-29-28-18(33-19)13-6-15(7-13)34-22(24,25)26/h3-5,13,15-16,30H,2,6-11H2,1H3,(H,27,31)/b5-4-,14-3+/t13-,15+,16-,20?,21?/m0/s1. The number of allylic oxidation sites excluding steroid dienone is 4. The van der Waals surface area contributed by atoms with Crippen LogP contribution in [0.15, 0.2) is 40.0 Å². The molecule has 4 aliphatic rings. The van der Waals surface area contributed by atoms with Crippen molar-refractivity contribution in [2.24, 2.45) is 0 Å². The second-order valence-corrected chi connectivity index (χ2v) is 9.63. The first-order valence-corrected chi connectivity index (χ1v) is 11.2. The molecule has 4 fully saturated rings. The first-order valence-electron chi connectivity index (χ1n) is 10.8. The highest BCUT2D eigenvalue weighted by molar-refractivity contribution is 6.30. The van der Waals surface area contributed by atoms with E-state index >= 15 is 0 Å². The van der Waals surface area contributed by atoms with Crippen LogP contribution in [0.25, 0.3) is 0 Å². The predicted molar refractivity (Wildman–Crippen MR) is 113 cm³/mol. The van der Waals surface area contributed by atoms with Crippen molar-refractivity contribution in [1.82, 2.24) is 15.5 Å². The number of nitrogens with one attached hydrogen (secondary N) is 1. The number of aliphatic hydroxyl groups excluding tert-OH is 1. The van der Waals surface area contributed by atoms with E-state index in [0.717, 1.165) is 0 Å². The third kappa shape index (κ3) is 5.01. The summed E-state index contributed by atoms with van der Waals surface area (Å²) in [5.41, 5.74) is -0.765. The van der Waals surface area contributed by atoms with Crippen LogP contribution in [-0.4, -0.2) is 51.9 Å². The molecule has 8 nitrogen and oxygen atoms in total. The van der Waals surface area contributed by atoms with Crippen LogP contribution in [0.2, 0.25) is 0 Å². The molecule has 34 heavy (non-hydrogen) atoms. The molecule has 1 heterocycles. The van der Waals surface area contributed by atoms with E-state index in [4.69, 9.17) is 20.8 Å². The lowest BCUT2D eigenvalue weighted by Gasteiger charge is -2.68. The maximum Gasteiger partial charge on any atom is 0.522 e. The number of rotatable bonds is 10. The van der Waals surface area contributed by atoms with Gasteiger partial charge in [-0.3, -0.25) is 9.53 Å². The number of hydrogen-bond acceptors (Lipinski definition) is 7. The maximum absolute atomic E-state index is 12.7. The zero-order valence-electron chi connectivity index (χ0n) is 18.4. The van der Waals surface area contributed by atoms with Gasteiger partial charge >= 0.3 is 6.36 Å². The van der Waals surface area contributed by atoms with Gasteiger partial charge in [0.1, 0.15) is 5.76 Å². The fourth-order valence-electron chi connectivity index (χ4n) is 4.87. The molecule has 0 saturated heterocycles. The molecule has 0 unspecified atom stereocenters. The van der Waals surface area contributed by atoms with Crippen LogP contribution in [0.1, 0.15) is 56.7 Å². The second-order valence-electron chi connectivity index (χ2n) is 9.14. The van der Waals surface area contributed by atoms with Gasteiger partial charge in [-0.05, 0) is 57.3 Å². The molecule has 5 rings (SSSR count). The Morgan fingerprint density at radius 3 is 2.59 bits per heavy atom. The number of alkyl halides is 3. The van der Waals surface area contributed by atoms with Crippen molar-refractivity contribution in [3.05, 3.63) is 47.4 Å². The van der Waals surface area contributed by atoms with E-state index in [-0.39, 0.29) is 24.2 Å². The van der Waals surface area contributed by atoms with Crippen LogP contribution in [0.3, 0.4) is 0 Å². The summed E-state index contributed by atoms with van der Waals surface area (Å²) in [6.45, 7) is 4.75. The summed E-state index contributed by atoms with van der Waals surface area (Å²) >= 11 is 5.70. The fourth-order valence-corrected chi connectivity index (χ4v) is 4.93. The van der Waals surface area contributed by atoms with Crippen molar-refractivity contribution in [2.45, 2.75) is 74.5 Å². The summed E-state index contributed by atoms with van der Waals surface area (Å²) in [7, 11) is 0. The van der Waals surface area contributed by atoms with Gasteiger partial charge in [-0.15, -0.1) is 23.4 Å². The molecular weight excluding hydrogens is 479 g/mol. The van der Waals surface area contributed by atoms with E-state index in [0.29, 0.717) is 41.8 Å². The van der Waals surface area contributed by atoms with Gasteiger partial charge in [0.25, 0.3) is 5.91 Å². The molecule has 2 bridgehead atoms. The minimum atomic E-state index is -4.65. The summed E-state index contributed by atoms with van der Waals surface area (Å²) in [6.07, 6.45) is 0.217. The van der Waals surface area contributed by atoms with Crippen LogP contribution in [-0.2, 0) is 19.7 Å². The smallest absolute Gasteiger partial charge is 0.479 e. The van der Waals surface area contributed by atoms with Gasteiger partial charge in [0.15, 0.2) is 6.10 Å². The molecule has 1 aromatic heterocycles. The highest BCUT2D eigenvalue weighted by Crippen LogP contribution is 2.67. The summed E-state index contributed by atoms with van der Waals surface area (Å²) < 4.78 is 52.2. The number of aromatic nitrogens is 2. The van der Waals surface area contributed by atoms with E-state index in [9.17, 15) is 23.1 Å². The lowest BCUT2D eigenvalue weighted by molar-refractivity contribution is -0.352. The van der Waals surface area contributed by atoms with Crippen LogP contribution in [0, 0.1) is 0 Å². The Balaban J connectivity index is 1.27. The van der Waals surface area contributed by atoms with Crippen molar-refractivity contribution in [1.29, 1.82) is 0 Å². The number of ether oxygens (including phenoxy) is 2. The first-order chi connectivity index (χ1) is 16.0. The van der Waals surface area contributed by atoms with Gasteiger partial charge in [-0.2, -0.15) is 0 Å². The van der Waals surface area contributed by atoms with Crippen molar-refractivity contribution in [3.8, 4) is 0 Å². The molecule has 1 aromatic rings. The summed E-state index contributed by atoms with van der Waals surface area (Å²) in [6, 6.07) is 0. The minimum absolute atomic E-state index is 0.180. The lowest BCUT2D eigenvalue weighted by atomic mass is 9.39. The zero-order chi connectivity index (χ0) is 24.7. The third-order valence-corrected chi connectivity index (χ3v) is 6.63. The van der Waals surface area contributed by atoms with Gasteiger partial charge in [0.2, 0.25) is 11.8 Å². The van der Waals surface area contributed by atoms with Gasteiger partial charge in [-0.25, -0.2) is 0 Å². The molecule has 0 aliphatic heterocycles. The van der Waals surface area contributed by atoms with Crippen LogP contribution >= 0.6 is 11.6 Å². The van der Waals surface area contributed by atoms with Gasteiger partial charge in [0.05, 0.1) is 18.1 Å². The van der Waals surface area contributed by atoms with Crippen molar-refractivity contribution < 1.29 is 37.0 Å². The molecule has 186 valence electrons. The average Bonchev–Trinajstić information content (AvgIpc) is 3.14. The fraction of sp³-hybridized carbons (Fsp3) is 0.591. The molecule has 2 N–H and O–H groups in total. The Morgan fingerprint density at radius 1 is 1.35 bits per heavy atom. The van der Waals surface area contributed by atoms with Crippen molar-refractivity contribution in [2.75, 3.05) is 6.61 Å². The Labute approximate surface area is 198 Å². The quantitative estimate of drug-likeness (QED) is 0.370. The van der Waals surface area contributed by atoms with Gasteiger partial charge in [-0.1, -0.05) is 18.2 Å². The lowest BCUT2D eigenvalue weighted by Crippen LogP contribution is -2.77. The monoisotopic (exact) mass is 503 g/mol. The predicted octanol–water partition coefficient (Wildman–Crippen LogP) is 3.73. The molecule has 4 saturated carbocycles. The van der Waals surface area contributed by atoms with E-state index in [2.05, 4.69) is 26.8 Å². The van der Waals surface area contributed by atoms with Gasteiger partial charge < -0.3 is 19.6 Å². The topological polar surface area (TPSA) is 107 Å². The normalized spacial score (nSPS) is 31.3. The number of halogens is 4. The number of carbonyl (C=O) groups is 1. The van der Waals surface area contributed by atoms with E-state index < -0.39 is 36.6 Å². The molecule has 1 amide bonds. The minimum Gasteiger partial charge on any atom is -0.479 e. The number of hydrogen-bond donors (Lipinski definition) is 2. The number of aliphatic hydroxyl groups is 1. The van der Waals surface area contributed by atoms with Crippen LogP contribution in [0.5, 0.6) is 0 Å². The SMILES string of the molecule is C=C(Cl)/C=C\C(=C/C)O[C@@H](CO)C(=O)NC12CC(c3nnc([C@H]4C[C@@H](OC(F)(F)F)C4)o3)(C1)C2. The highest BCUT2D eigenvalue weighted by Gasteiger charge is 2.72. The van der Waals surface area contributed by atoms with Crippen LogP contribution < -0.4 is 5.32 Å². The molecule has 4 aliphatic carbocycles. The Kier molecular flexibility index (Phi) is 6.56. The third-order valence-electron chi connectivity index (χ3n) is 6.51.